The summed E-state index contributed by atoms with van der Waals surface area (Å²) in [7, 11) is 0. The molecule has 3 aromatic rings. The lowest BCUT2D eigenvalue weighted by Gasteiger charge is -2.10. The molecule has 0 atom stereocenters. The van der Waals surface area contributed by atoms with Crippen molar-refractivity contribution in [3.05, 3.63) is 71.3 Å². The SMILES string of the molecule is Cc1ccccc1NC(=O)c1cc(-n2cnnc2)ccc1Cl. The van der Waals surface area contributed by atoms with E-state index in [1.165, 1.54) is 0 Å². The number of amides is 1. The second-order valence-electron chi connectivity index (χ2n) is 4.80. The first-order chi connectivity index (χ1) is 10.6. The topological polar surface area (TPSA) is 59.8 Å². The summed E-state index contributed by atoms with van der Waals surface area (Å²) in [6, 6.07) is 12.8. The van der Waals surface area contributed by atoms with Gasteiger partial charge in [-0.05, 0) is 36.8 Å². The Morgan fingerprint density at radius 2 is 1.86 bits per heavy atom. The van der Waals surface area contributed by atoms with Crippen LogP contribution in [0.5, 0.6) is 0 Å². The zero-order chi connectivity index (χ0) is 15.5. The van der Waals surface area contributed by atoms with Crippen molar-refractivity contribution in [2.75, 3.05) is 5.32 Å². The predicted molar refractivity (Wildman–Crippen MR) is 85.5 cm³/mol. The summed E-state index contributed by atoms with van der Waals surface area (Å²) in [4.78, 5) is 12.5. The highest BCUT2D eigenvalue weighted by molar-refractivity contribution is 6.34. The molecular weight excluding hydrogens is 300 g/mol. The monoisotopic (exact) mass is 312 g/mol. The molecule has 0 radical (unpaired) electrons. The molecule has 0 aliphatic heterocycles. The van der Waals surface area contributed by atoms with Crippen molar-refractivity contribution in [1.82, 2.24) is 14.8 Å². The van der Waals surface area contributed by atoms with Gasteiger partial charge in [0.15, 0.2) is 0 Å². The molecule has 0 bridgehead atoms. The van der Waals surface area contributed by atoms with Gasteiger partial charge in [0.2, 0.25) is 0 Å². The molecule has 0 saturated carbocycles. The van der Waals surface area contributed by atoms with Gasteiger partial charge in [0, 0.05) is 11.4 Å². The van der Waals surface area contributed by atoms with Crippen molar-refractivity contribution >= 4 is 23.2 Å². The first kappa shape index (κ1) is 14.3. The fraction of sp³-hybridized carbons (Fsp3) is 0.0625. The molecule has 1 heterocycles. The van der Waals surface area contributed by atoms with Gasteiger partial charge in [0.25, 0.3) is 5.91 Å². The largest absolute Gasteiger partial charge is 0.322 e. The number of aromatic nitrogens is 3. The normalized spacial score (nSPS) is 10.5. The Bertz CT molecular complexity index is 815. The van der Waals surface area contributed by atoms with Crippen molar-refractivity contribution in [2.45, 2.75) is 6.92 Å². The fourth-order valence-corrected chi connectivity index (χ4v) is 2.29. The number of carbonyl (C=O) groups excluding carboxylic acids is 1. The Kier molecular flexibility index (Phi) is 3.89. The molecule has 0 spiro atoms. The lowest BCUT2D eigenvalue weighted by atomic mass is 10.1. The Balaban J connectivity index is 1.92. The summed E-state index contributed by atoms with van der Waals surface area (Å²) in [6.07, 6.45) is 3.12. The van der Waals surface area contributed by atoms with Gasteiger partial charge in [-0.25, -0.2) is 0 Å². The summed E-state index contributed by atoms with van der Waals surface area (Å²) in [5, 5.41) is 10.8. The van der Waals surface area contributed by atoms with Crippen LogP contribution in [0.15, 0.2) is 55.1 Å². The molecule has 1 amide bonds. The fourth-order valence-electron chi connectivity index (χ4n) is 2.08. The highest BCUT2D eigenvalue weighted by Gasteiger charge is 2.13. The number of benzene rings is 2. The standard InChI is InChI=1S/C16H13ClN4O/c1-11-4-2-3-5-15(11)20-16(22)13-8-12(6-7-14(13)17)21-9-18-19-10-21/h2-10H,1H3,(H,20,22). The van der Waals surface area contributed by atoms with Gasteiger partial charge in [0.05, 0.1) is 10.6 Å². The maximum absolute atomic E-state index is 12.5. The molecule has 3 rings (SSSR count). The summed E-state index contributed by atoms with van der Waals surface area (Å²) >= 11 is 6.16. The molecule has 110 valence electrons. The van der Waals surface area contributed by atoms with E-state index in [0.717, 1.165) is 16.9 Å². The van der Waals surface area contributed by atoms with Gasteiger partial charge in [-0.2, -0.15) is 0 Å². The maximum Gasteiger partial charge on any atom is 0.257 e. The molecule has 0 aliphatic rings. The lowest BCUT2D eigenvalue weighted by Crippen LogP contribution is -2.13. The van der Waals surface area contributed by atoms with E-state index in [0.29, 0.717) is 10.6 Å². The third-order valence-electron chi connectivity index (χ3n) is 3.30. The molecule has 2 aromatic carbocycles. The number of nitrogens with zero attached hydrogens (tertiary/aromatic N) is 3. The van der Waals surface area contributed by atoms with Crippen LogP contribution in [0.3, 0.4) is 0 Å². The number of aryl methyl sites for hydroxylation is 1. The van der Waals surface area contributed by atoms with Crippen LogP contribution < -0.4 is 5.32 Å². The number of para-hydroxylation sites is 1. The number of carbonyl (C=O) groups is 1. The predicted octanol–water partition coefficient (Wildman–Crippen LogP) is 3.48. The van der Waals surface area contributed by atoms with Crippen LogP contribution in [0.4, 0.5) is 5.69 Å². The molecule has 5 nitrogen and oxygen atoms in total. The lowest BCUT2D eigenvalue weighted by molar-refractivity contribution is 0.102. The van der Waals surface area contributed by atoms with Crippen LogP contribution >= 0.6 is 11.6 Å². The van der Waals surface area contributed by atoms with E-state index in [4.69, 9.17) is 11.6 Å². The molecule has 0 saturated heterocycles. The van der Waals surface area contributed by atoms with Gasteiger partial charge in [-0.15, -0.1) is 10.2 Å². The molecule has 1 N–H and O–H groups in total. The molecule has 1 aromatic heterocycles. The first-order valence-electron chi connectivity index (χ1n) is 6.66. The highest BCUT2D eigenvalue weighted by Crippen LogP contribution is 2.22. The van der Waals surface area contributed by atoms with Crippen molar-refractivity contribution in [1.29, 1.82) is 0 Å². The number of halogens is 1. The van der Waals surface area contributed by atoms with Crippen molar-refractivity contribution < 1.29 is 4.79 Å². The van der Waals surface area contributed by atoms with Crippen LogP contribution in [0, 0.1) is 6.92 Å². The number of hydrogen-bond acceptors (Lipinski definition) is 3. The molecule has 6 heteroatoms. The summed E-state index contributed by atoms with van der Waals surface area (Å²) in [5.41, 5.74) is 2.92. The summed E-state index contributed by atoms with van der Waals surface area (Å²) in [6.45, 7) is 1.94. The minimum atomic E-state index is -0.255. The van der Waals surface area contributed by atoms with Gasteiger partial charge in [-0.1, -0.05) is 29.8 Å². The minimum absolute atomic E-state index is 0.255. The van der Waals surface area contributed by atoms with E-state index < -0.39 is 0 Å². The van der Waals surface area contributed by atoms with Gasteiger partial charge >= 0.3 is 0 Å². The number of anilines is 1. The van der Waals surface area contributed by atoms with Crippen molar-refractivity contribution in [3.8, 4) is 5.69 Å². The summed E-state index contributed by atoms with van der Waals surface area (Å²) < 4.78 is 1.71. The number of hydrogen-bond donors (Lipinski definition) is 1. The zero-order valence-corrected chi connectivity index (χ0v) is 12.6. The van der Waals surface area contributed by atoms with Crippen molar-refractivity contribution in [3.63, 3.8) is 0 Å². The average Bonchev–Trinajstić information content (AvgIpc) is 3.04. The third-order valence-corrected chi connectivity index (χ3v) is 3.63. The van der Waals surface area contributed by atoms with E-state index in [1.54, 1.807) is 35.4 Å². The van der Waals surface area contributed by atoms with Crippen molar-refractivity contribution in [2.24, 2.45) is 0 Å². The molecular formula is C16H13ClN4O. The van der Waals surface area contributed by atoms with Crippen LogP contribution in [0.25, 0.3) is 5.69 Å². The highest BCUT2D eigenvalue weighted by atomic mass is 35.5. The Morgan fingerprint density at radius 1 is 1.14 bits per heavy atom. The molecule has 0 fully saturated rings. The van der Waals surface area contributed by atoms with E-state index in [9.17, 15) is 4.79 Å². The maximum atomic E-state index is 12.5. The van der Waals surface area contributed by atoms with Gasteiger partial charge < -0.3 is 5.32 Å². The summed E-state index contributed by atoms with van der Waals surface area (Å²) in [5.74, 6) is -0.255. The van der Waals surface area contributed by atoms with Crippen LogP contribution in [0.1, 0.15) is 15.9 Å². The molecule has 0 aliphatic carbocycles. The van der Waals surface area contributed by atoms with E-state index in [-0.39, 0.29) is 5.91 Å². The van der Waals surface area contributed by atoms with E-state index >= 15 is 0 Å². The Hall–Kier alpha value is -2.66. The van der Waals surface area contributed by atoms with Crippen LogP contribution in [-0.2, 0) is 0 Å². The molecule has 22 heavy (non-hydrogen) atoms. The Labute approximate surface area is 132 Å². The van der Waals surface area contributed by atoms with Crippen LogP contribution in [0.2, 0.25) is 5.02 Å². The third kappa shape index (κ3) is 2.84. The number of nitrogens with one attached hydrogen (secondary N) is 1. The Morgan fingerprint density at radius 3 is 2.59 bits per heavy atom. The second-order valence-corrected chi connectivity index (χ2v) is 5.21. The quantitative estimate of drug-likeness (QED) is 0.805. The van der Waals surface area contributed by atoms with Crippen LogP contribution in [-0.4, -0.2) is 20.7 Å². The van der Waals surface area contributed by atoms with Gasteiger partial charge in [0.1, 0.15) is 12.7 Å². The van der Waals surface area contributed by atoms with Gasteiger partial charge in [-0.3, -0.25) is 9.36 Å². The molecule has 0 unspecified atom stereocenters. The first-order valence-corrected chi connectivity index (χ1v) is 7.04. The zero-order valence-electron chi connectivity index (χ0n) is 11.8. The van der Waals surface area contributed by atoms with E-state index in [1.807, 2.05) is 31.2 Å². The average molecular weight is 313 g/mol. The minimum Gasteiger partial charge on any atom is -0.322 e. The number of rotatable bonds is 3. The van der Waals surface area contributed by atoms with E-state index in [2.05, 4.69) is 15.5 Å². The second kappa shape index (κ2) is 5.99. The smallest absolute Gasteiger partial charge is 0.257 e.